The van der Waals surface area contributed by atoms with E-state index < -0.39 is 0 Å². The minimum Gasteiger partial charge on any atom is -0.496 e. The zero-order valence-corrected chi connectivity index (χ0v) is 17.5. The van der Waals surface area contributed by atoms with Crippen LogP contribution in [-0.2, 0) is 4.79 Å². The van der Waals surface area contributed by atoms with E-state index in [4.69, 9.17) is 27.9 Å². The highest BCUT2D eigenvalue weighted by molar-refractivity contribution is 6.36. The number of ether oxygens (including phenoxy) is 1. The van der Waals surface area contributed by atoms with Crippen molar-refractivity contribution in [2.75, 3.05) is 44.7 Å². The third-order valence-corrected chi connectivity index (χ3v) is 5.30. The summed E-state index contributed by atoms with van der Waals surface area (Å²) in [6.07, 6.45) is 1.60. The fourth-order valence-electron chi connectivity index (χ4n) is 3.35. The summed E-state index contributed by atoms with van der Waals surface area (Å²) in [7, 11) is 1.63. The van der Waals surface area contributed by atoms with Crippen LogP contribution in [0, 0.1) is 0 Å². The first-order valence-corrected chi connectivity index (χ1v) is 9.94. The molecular weight excluding hydrogens is 399 g/mol. The summed E-state index contributed by atoms with van der Waals surface area (Å²) in [6, 6.07) is 9.29. The number of amides is 1. The van der Waals surface area contributed by atoms with Gasteiger partial charge in [-0.15, -0.1) is 0 Å². The van der Waals surface area contributed by atoms with Crippen LogP contribution < -0.4 is 15.0 Å². The number of nitrogens with one attached hydrogen (secondary N) is 1. The first-order valence-electron chi connectivity index (χ1n) is 9.18. The van der Waals surface area contributed by atoms with Gasteiger partial charge in [0, 0.05) is 37.9 Å². The molecule has 150 valence electrons. The van der Waals surface area contributed by atoms with Gasteiger partial charge in [0.25, 0.3) is 0 Å². The van der Waals surface area contributed by atoms with Gasteiger partial charge in [-0.25, -0.2) is 4.98 Å². The zero-order chi connectivity index (χ0) is 20.1. The maximum atomic E-state index is 12.5. The highest BCUT2D eigenvalue weighted by Gasteiger charge is 2.22. The number of methoxy groups -OCH3 is 1. The van der Waals surface area contributed by atoms with Crippen LogP contribution in [0.15, 0.2) is 36.5 Å². The summed E-state index contributed by atoms with van der Waals surface area (Å²) in [5.74, 6) is 1.51. The van der Waals surface area contributed by atoms with Crippen molar-refractivity contribution in [1.82, 2.24) is 15.2 Å². The molecule has 1 unspecified atom stereocenters. The van der Waals surface area contributed by atoms with Crippen LogP contribution in [0.4, 0.5) is 5.82 Å². The monoisotopic (exact) mass is 422 g/mol. The fraction of sp³-hybridized carbons (Fsp3) is 0.400. The van der Waals surface area contributed by atoms with Crippen LogP contribution in [0.1, 0.15) is 18.5 Å². The summed E-state index contributed by atoms with van der Waals surface area (Å²) in [5.41, 5.74) is 0.964. The molecule has 28 heavy (non-hydrogen) atoms. The largest absolute Gasteiger partial charge is 0.496 e. The van der Waals surface area contributed by atoms with Gasteiger partial charge in [0.05, 0.1) is 29.7 Å². The molecule has 2 heterocycles. The summed E-state index contributed by atoms with van der Waals surface area (Å²) in [5, 5.41) is 4.12. The first-order chi connectivity index (χ1) is 13.5. The van der Waals surface area contributed by atoms with Crippen LogP contribution in [0.3, 0.4) is 0 Å². The number of anilines is 1. The first kappa shape index (κ1) is 20.7. The van der Waals surface area contributed by atoms with Gasteiger partial charge in [-0.3, -0.25) is 9.69 Å². The lowest BCUT2D eigenvalue weighted by Crippen LogP contribution is -2.50. The van der Waals surface area contributed by atoms with E-state index in [-0.39, 0.29) is 11.9 Å². The summed E-state index contributed by atoms with van der Waals surface area (Å²) in [4.78, 5) is 21.1. The van der Waals surface area contributed by atoms with Crippen LogP contribution in [0.25, 0.3) is 0 Å². The molecule has 6 nitrogen and oxygen atoms in total. The molecule has 1 saturated heterocycles. The fourth-order valence-corrected chi connectivity index (χ4v) is 3.85. The lowest BCUT2D eigenvalue weighted by molar-refractivity contribution is -0.123. The third kappa shape index (κ3) is 5.07. The van der Waals surface area contributed by atoms with E-state index in [2.05, 4.69) is 20.1 Å². The predicted octanol–water partition coefficient (Wildman–Crippen LogP) is 3.40. The topological polar surface area (TPSA) is 57.7 Å². The molecule has 1 atom stereocenters. The smallest absolute Gasteiger partial charge is 0.234 e. The molecule has 2 aromatic rings. The average Bonchev–Trinajstić information content (AvgIpc) is 2.68. The molecule has 0 radical (unpaired) electrons. The average molecular weight is 423 g/mol. The molecule has 1 aromatic heterocycles. The highest BCUT2D eigenvalue weighted by Crippen LogP contribution is 2.27. The molecule has 0 saturated carbocycles. The van der Waals surface area contributed by atoms with Crippen molar-refractivity contribution < 1.29 is 9.53 Å². The van der Waals surface area contributed by atoms with Crippen molar-refractivity contribution in [3.8, 4) is 5.75 Å². The van der Waals surface area contributed by atoms with E-state index in [1.807, 2.05) is 31.2 Å². The molecule has 0 spiro atoms. The number of hydrogen-bond acceptors (Lipinski definition) is 5. The Kier molecular flexibility index (Phi) is 6.99. The molecule has 1 aliphatic rings. The Morgan fingerprint density at radius 2 is 1.96 bits per heavy atom. The maximum Gasteiger partial charge on any atom is 0.234 e. The molecule has 0 bridgehead atoms. The van der Waals surface area contributed by atoms with E-state index >= 15 is 0 Å². The Bertz CT molecular complexity index is 826. The Hall–Kier alpha value is -2.02. The SMILES string of the molecule is COc1ccccc1C(C)NC(=O)CN1CCN(c2ncc(Cl)cc2Cl)CC1. The summed E-state index contributed by atoms with van der Waals surface area (Å²) < 4.78 is 5.38. The minimum absolute atomic E-state index is 0.00509. The molecular formula is C20H24Cl2N4O2. The van der Waals surface area contributed by atoms with Crippen molar-refractivity contribution >= 4 is 34.9 Å². The number of carbonyl (C=O) groups is 1. The molecule has 1 aliphatic heterocycles. The van der Waals surface area contributed by atoms with E-state index in [1.54, 1.807) is 19.4 Å². The van der Waals surface area contributed by atoms with Gasteiger partial charge >= 0.3 is 0 Å². The number of rotatable bonds is 6. The number of benzene rings is 1. The minimum atomic E-state index is -0.123. The van der Waals surface area contributed by atoms with Gasteiger partial charge in [0.15, 0.2) is 0 Å². The highest BCUT2D eigenvalue weighted by atomic mass is 35.5. The van der Waals surface area contributed by atoms with Gasteiger partial charge in [0.1, 0.15) is 11.6 Å². The van der Waals surface area contributed by atoms with Gasteiger partial charge in [-0.1, -0.05) is 41.4 Å². The predicted molar refractivity (Wildman–Crippen MR) is 112 cm³/mol. The second kappa shape index (κ2) is 9.45. The van der Waals surface area contributed by atoms with Crippen LogP contribution in [0.2, 0.25) is 10.0 Å². The molecule has 3 rings (SSSR count). The van der Waals surface area contributed by atoms with Gasteiger partial charge < -0.3 is 15.0 Å². The van der Waals surface area contributed by atoms with E-state index in [0.717, 1.165) is 43.3 Å². The lowest BCUT2D eigenvalue weighted by Gasteiger charge is -2.35. The van der Waals surface area contributed by atoms with Crippen molar-refractivity contribution in [1.29, 1.82) is 0 Å². The molecule has 1 aromatic carbocycles. The number of aromatic nitrogens is 1. The van der Waals surface area contributed by atoms with Crippen LogP contribution in [0.5, 0.6) is 5.75 Å². The van der Waals surface area contributed by atoms with Gasteiger partial charge in [-0.2, -0.15) is 0 Å². The Morgan fingerprint density at radius 1 is 1.25 bits per heavy atom. The normalized spacial score (nSPS) is 15.9. The zero-order valence-electron chi connectivity index (χ0n) is 16.0. The van der Waals surface area contributed by atoms with Crippen molar-refractivity contribution in [3.05, 3.63) is 52.1 Å². The van der Waals surface area contributed by atoms with Gasteiger partial charge in [-0.05, 0) is 19.1 Å². The maximum absolute atomic E-state index is 12.5. The number of carbonyl (C=O) groups excluding carboxylic acids is 1. The molecule has 1 amide bonds. The van der Waals surface area contributed by atoms with E-state index in [1.165, 1.54) is 0 Å². The van der Waals surface area contributed by atoms with E-state index in [9.17, 15) is 4.79 Å². The van der Waals surface area contributed by atoms with Crippen LogP contribution in [-0.4, -0.2) is 55.6 Å². The Labute approximate surface area is 175 Å². The molecule has 8 heteroatoms. The second-order valence-electron chi connectivity index (χ2n) is 6.75. The number of pyridine rings is 1. The molecule has 1 fully saturated rings. The lowest BCUT2D eigenvalue weighted by atomic mass is 10.1. The second-order valence-corrected chi connectivity index (χ2v) is 7.60. The van der Waals surface area contributed by atoms with Crippen molar-refractivity contribution in [2.24, 2.45) is 0 Å². The van der Waals surface area contributed by atoms with Gasteiger partial charge in [0.2, 0.25) is 5.91 Å². The Morgan fingerprint density at radius 3 is 2.64 bits per heavy atom. The number of nitrogens with zero attached hydrogens (tertiary/aromatic N) is 3. The Balaban J connectivity index is 1.51. The standard InChI is InChI=1S/C20H24Cl2N4O2/c1-14(16-5-3-4-6-18(16)28-2)24-19(27)13-25-7-9-26(10-8-25)20-17(22)11-15(21)12-23-20/h3-6,11-12,14H,7-10,13H2,1-2H3,(H,24,27). The van der Waals surface area contributed by atoms with Crippen molar-refractivity contribution in [2.45, 2.75) is 13.0 Å². The number of halogens is 2. The van der Waals surface area contributed by atoms with Crippen LogP contribution >= 0.6 is 23.2 Å². The number of piperazine rings is 1. The third-order valence-electron chi connectivity index (χ3n) is 4.81. The molecule has 1 N–H and O–H groups in total. The van der Waals surface area contributed by atoms with Crippen molar-refractivity contribution in [3.63, 3.8) is 0 Å². The number of hydrogen-bond donors (Lipinski definition) is 1. The van der Waals surface area contributed by atoms with E-state index in [0.29, 0.717) is 16.6 Å². The summed E-state index contributed by atoms with van der Waals surface area (Å²) >= 11 is 12.2. The quantitative estimate of drug-likeness (QED) is 0.772. The molecule has 0 aliphatic carbocycles. The summed E-state index contributed by atoms with van der Waals surface area (Å²) in [6.45, 7) is 5.35. The number of para-hydroxylation sites is 1.